The number of aromatic nitrogens is 3. The van der Waals surface area contributed by atoms with Gasteiger partial charge in [0.2, 0.25) is 0 Å². The minimum absolute atomic E-state index is 0.661. The largest absolute Gasteiger partial charge is 0.373 e. The molecule has 96 valence electrons. The van der Waals surface area contributed by atoms with Crippen LogP contribution in [0.25, 0.3) is 22.6 Å². The molecule has 2 aromatic heterocycles. The van der Waals surface area contributed by atoms with Gasteiger partial charge in [0, 0.05) is 22.1 Å². The summed E-state index contributed by atoms with van der Waals surface area (Å²) in [6, 6.07) is 9.51. The van der Waals surface area contributed by atoms with Gasteiger partial charge in [-0.15, -0.1) is 0 Å². The number of imidazole rings is 1. The quantitative estimate of drug-likeness (QED) is 0.741. The molecular formula is C13H10BrClN4. The Morgan fingerprint density at radius 2 is 2.05 bits per heavy atom. The third-order valence-corrected chi connectivity index (χ3v) is 3.41. The van der Waals surface area contributed by atoms with Gasteiger partial charge in [0.25, 0.3) is 0 Å². The van der Waals surface area contributed by atoms with Crippen LogP contribution in [0, 0.1) is 0 Å². The van der Waals surface area contributed by atoms with Crippen LogP contribution in [0.2, 0.25) is 5.02 Å². The van der Waals surface area contributed by atoms with Crippen molar-refractivity contribution < 1.29 is 0 Å². The molecule has 0 aliphatic rings. The summed E-state index contributed by atoms with van der Waals surface area (Å²) in [5.41, 5.74) is 2.49. The maximum absolute atomic E-state index is 6.05. The van der Waals surface area contributed by atoms with Gasteiger partial charge < -0.3 is 10.3 Å². The molecule has 4 nitrogen and oxygen atoms in total. The molecule has 0 saturated carbocycles. The van der Waals surface area contributed by atoms with Crippen LogP contribution in [0.15, 0.2) is 34.8 Å². The number of aromatic amines is 1. The third kappa shape index (κ3) is 2.43. The second kappa shape index (κ2) is 4.83. The van der Waals surface area contributed by atoms with Crippen LogP contribution in [0.1, 0.15) is 0 Å². The summed E-state index contributed by atoms with van der Waals surface area (Å²) >= 11 is 9.47. The summed E-state index contributed by atoms with van der Waals surface area (Å²) in [7, 11) is 1.83. The van der Waals surface area contributed by atoms with Crippen LogP contribution < -0.4 is 5.32 Å². The predicted octanol–water partition coefficient (Wildman–Crippen LogP) is 4.08. The Labute approximate surface area is 123 Å². The smallest absolute Gasteiger partial charge is 0.180 e. The van der Waals surface area contributed by atoms with E-state index < -0.39 is 0 Å². The summed E-state index contributed by atoms with van der Waals surface area (Å²) < 4.78 is 0.916. The second-order valence-corrected chi connectivity index (χ2v) is 5.41. The van der Waals surface area contributed by atoms with Gasteiger partial charge in [0.1, 0.15) is 11.6 Å². The fourth-order valence-corrected chi connectivity index (χ4v) is 2.72. The van der Waals surface area contributed by atoms with E-state index in [1.807, 2.05) is 37.4 Å². The molecule has 3 aromatic rings. The maximum atomic E-state index is 6.05. The van der Waals surface area contributed by atoms with Crippen molar-refractivity contribution in [2.24, 2.45) is 0 Å². The molecule has 0 saturated heterocycles. The minimum atomic E-state index is 0.661. The average molecular weight is 338 g/mol. The van der Waals surface area contributed by atoms with Crippen LogP contribution in [0.5, 0.6) is 0 Å². The van der Waals surface area contributed by atoms with Crippen molar-refractivity contribution in [1.29, 1.82) is 0 Å². The molecule has 6 heteroatoms. The molecule has 2 N–H and O–H groups in total. The number of pyridine rings is 1. The van der Waals surface area contributed by atoms with E-state index in [2.05, 4.69) is 36.2 Å². The number of halogens is 2. The van der Waals surface area contributed by atoms with Gasteiger partial charge >= 0.3 is 0 Å². The topological polar surface area (TPSA) is 53.6 Å². The molecular weight excluding hydrogens is 328 g/mol. The van der Waals surface area contributed by atoms with E-state index in [1.165, 1.54) is 0 Å². The molecule has 0 bridgehead atoms. The highest BCUT2D eigenvalue weighted by Crippen LogP contribution is 2.27. The summed E-state index contributed by atoms with van der Waals surface area (Å²) in [4.78, 5) is 12.1. The normalized spacial score (nSPS) is 10.9. The molecule has 0 fully saturated rings. The molecule has 0 aliphatic heterocycles. The zero-order chi connectivity index (χ0) is 13.4. The van der Waals surface area contributed by atoms with E-state index in [-0.39, 0.29) is 0 Å². The second-order valence-electron chi connectivity index (χ2n) is 4.06. The first kappa shape index (κ1) is 12.4. The highest BCUT2D eigenvalue weighted by molar-refractivity contribution is 9.10. The van der Waals surface area contributed by atoms with Crippen molar-refractivity contribution in [3.8, 4) is 11.4 Å². The van der Waals surface area contributed by atoms with Crippen LogP contribution in [0.3, 0.4) is 0 Å². The number of fused-ring (bicyclic) bond motifs is 1. The van der Waals surface area contributed by atoms with E-state index in [4.69, 9.17) is 11.6 Å². The monoisotopic (exact) mass is 336 g/mol. The number of rotatable bonds is 2. The Morgan fingerprint density at radius 1 is 1.21 bits per heavy atom. The summed E-state index contributed by atoms with van der Waals surface area (Å²) in [6.07, 6.45) is 0. The third-order valence-electron chi connectivity index (χ3n) is 2.74. The molecule has 0 amide bonds. The van der Waals surface area contributed by atoms with Gasteiger partial charge in [-0.05, 0) is 30.3 Å². The molecule has 0 atom stereocenters. The lowest BCUT2D eigenvalue weighted by molar-refractivity contribution is 1.28. The maximum Gasteiger partial charge on any atom is 0.180 e. The highest BCUT2D eigenvalue weighted by atomic mass is 79.9. The Bertz CT molecular complexity index is 733. The Hall–Kier alpha value is -1.59. The first-order valence-corrected chi connectivity index (χ1v) is 6.84. The standard InChI is InChI=1S/C13H10BrClN4/c1-16-11-3-2-10-13(18-11)19-12(17-10)7-4-8(14)6-9(15)5-7/h2-6H,1H3,(H2,16,17,18,19). The van der Waals surface area contributed by atoms with Crippen LogP contribution in [-0.2, 0) is 0 Å². The van der Waals surface area contributed by atoms with Gasteiger partial charge in [0.15, 0.2) is 5.65 Å². The fourth-order valence-electron chi connectivity index (χ4n) is 1.86. The molecule has 0 radical (unpaired) electrons. The SMILES string of the molecule is CNc1ccc2[nH]c(-c3cc(Cl)cc(Br)c3)nc2n1. The fraction of sp³-hybridized carbons (Fsp3) is 0.0769. The van der Waals surface area contributed by atoms with Gasteiger partial charge in [0.05, 0.1) is 5.52 Å². The molecule has 0 unspecified atom stereocenters. The zero-order valence-corrected chi connectivity index (χ0v) is 12.4. The van der Waals surface area contributed by atoms with Crippen molar-refractivity contribution in [2.75, 3.05) is 12.4 Å². The lowest BCUT2D eigenvalue weighted by atomic mass is 10.2. The molecule has 2 heterocycles. The average Bonchev–Trinajstić information content (AvgIpc) is 2.80. The number of benzene rings is 1. The summed E-state index contributed by atoms with van der Waals surface area (Å²) in [5.74, 6) is 1.54. The van der Waals surface area contributed by atoms with Crippen molar-refractivity contribution in [3.05, 3.63) is 39.8 Å². The minimum Gasteiger partial charge on any atom is -0.373 e. The van der Waals surface area contributed by atoms with Crippen LogP contribution in [-0.4, -0.2) is 22.0 Å². The van der Waals surface area contributed by atoms with Gasteiger partial charge in [-0.1, -0.05) is 27.5 Å². The van der Waals surface area contributed by atoms with E-state index in [0.717, 1.165) is 27.2 Å². The van der Waals surface area contributed by atoms with Gasteiger partial charge in [-0.3, -0.25) is 0 Å². The first-order chi connectivity index (χ1) is 9.15. The lowest BCUT2D eigenvalue weighted by Crippen LogP contribution is -1.91. The summed E-state index contributed by atoms with van der Waals surface area (Å²) in [6.45, 7) is 0. The van der Waals surface area contributed by atoms with E-state index in [9.17, 15) is 0 Å². The van der Waals surface area contributed by atoms with E-state index >= 15 is 0 Å². The van der Waals surface area contributed by atoms with Crippen LogP contribution >= 0.6 is 27.5 Å². The zero-order valence-electron chi connectivity index (χ0n) is 10.0. The number of nitrogens with one attached hydrogen (secondary N) is 2. The molecule has 1 aromatic carbocycles. The van der Waals surface area contributed by atoms with Crippen LogP contribution in [0.4, 0.5) is 5.82 Å². The number of nitrogens with zero attached hydrogens (tertiary/aromatic N) is 2. The number of hydrogen-bond acceptors (Lipinski definition) is 3. The number of H-pyrrole nitrogens is 1. The Kier molecular flexibility index (Phi) is 3.16. The van der Waals surface area contributed by atoms with Crippen molar-refractivity contribution in [1.82, 2.24) is 15.0 Å². The van der Waals surface area contributed by atoms with Crippen molar-refractivity contribution in [3.63, 3.8) is 0 Å². The highest BCUT2D eigenvalue weighted by Gasteiger charge is 2.08. The van der Waals surface area contributed by atoms with Crippen molar-refractivity contribution >= 4 is 44.5 Å². The number of anilines is 1. The molecule has 0 aliphatic carbocycles. The molecule has 19 heavy (non-hydrogen) atoms. The lowest BCUT2D eigenvalue weighted by Gasteiger charge is -1.99. The first-order valence-electron chi connectivity index (χ1n) is 5.67. The van der Waals surface area contributed by atoms with Crippen molar-refractivity contribution in [2.45, 2.75) is 0 Å². The van der Waals surface area contributed by atoms with Gasteiger partial charge in [-0.25, -0.2) is 9.97 Å². The number of hydrogen-bond donors (Lipinski definition) is 2. The Morgan fingerprint density at radius 3 is 2.79 bits per heavy atom. The van der Waals surface area contributed by atoms with E-state index in [0.29, 0.717) is 10.7 Å². The predicted molar refractivity (Wildman–Crippen MR) is 81.6 cm³/mol. The van der Waals surface area contributed by atoms with Gasteiger partial charge in [-0.2, -0.15) is 0 Å². The molecule has 3 rings (SSSR count). The molecule has 0 spiro atoms. The Balaban J connectivity index is 2.14. The van der Waals surface area contributed by atoms with E-state index in [1.54, 1.807) is 0 Å². The summed E-state index contributed by atoms with van der Waals surface area (Å²) in [5, 5.41) is 3.65.